The summed E-state index contributed by atoms with van der Waals surface area (Å²) in [5, 5.41) is 4.30. The number of hydrogen-bond donors (Lipinski definition) is 0. The van der Waals surface area contributed by atoms with Crippen LogP contribution in [0.25, 0.3) is 11.5 Å². The van der Waals surface area contributed by atoms with E-state index in [4.69, 9.17) is 14.2 Å². The predicted molar refractivity (Wildman–Crippen MR) is 120 cm³/mol. The van der Waals surface area contributed by atoms with Crippen LogP contribution in [-0.4, -0.2) is 59.6 Å². The highest BCUT2D eigenvalue weighted by atomic mass is 16.5. The lowest BCUT2D eigenvalue weighted by Crippen LogP contribution is -2.44. The second-order valence-electron chi connectivity index (χ2n) is 8.98. The number of nitrogens with zero attached hydrogens (tertiary/aromatic N) is 4. The van der Waals surface area contributed by atoms with E-state index in [0.29, 0.717) is 17.2 Å². The largest absolute Gasteiger partial charge is 0.497 e. The lowest BCUT2D eigenvalue weighted by Gasteiger charge is -2.39. The van der Waals surface area contributed by atoms with Gasteiger partial charge in [0.25, 0.3) is 11.8 Å². The minimum Gasteiger partial charge on any atom is -0.497 e. The van der Waals surface area contributed by atoms with Crippen molar-refractivity contribution in [3.8, 4) is 17.2 Å². The number of aromatic nitrogens is 2. The zero-order valence-corrected chi connectivity index (χ0v) is 18.5. The molecule has 0 radical (unpaired) electrons. The zero-order valence-electron chi connectivity index (χ0n) is 18.5. The van der Waals surface area contributed by atoms with E-state index in [1.165, 1.54) is 0 Å². The van der Waals surface area contributed by atoms with Gasteiger partial charge in [-0.1, -0.05) is 29.4 Å². The number of carbonyl (C=O) groups is 1. The molecule has 0 aliphatic carbocycles. The van der Waals surface area contributed by atoms with E-state index in [1.807, 2.05) is 59.5 Å². The fourth-order valence-electron chi connectivity index (χ4n) is 5.11. The topological polar surface area (TPSA) is 71.7 Å². The second kappa shape index (κ2) is 8.39. The standard InChI is InChI=1S/C25H28N4O3/c1-28-17-25(16-21(28)22-26-23(32-27-22)18-7-4-3-5-8-18)11-13-29(14-12-25)24(30)19-9-6-10-20(15-19)31-2/h3-10,15,21H,11-14,16-17H2,1-2H3. The summed E-state index contributed by atoms with van der Waals surface area (Å²) >= 11 is 0. The molecule has 0 bridgehead atoms. The summed E-state index contributed by atoms with van der Waals surface area (Å²) in [5.41, 5.74) is 1.80. The smallest absolute Gasteiger partial charge is 0.257 e. The minimum atomic E-state index is 0.0762. The number of methoxy groups -OCH3 is 1. The van der Waals surface area contributed by atoms with E-state index in [0.717, 1.165) is 50.3 Å². The van der Waals surface area contributed by atoms with Gasteiger partial charge in [-0.25, -0.2) is 0 Å². The Kier molecular flexibility index (Phi) is 5.43. The van der Waals surface area contributed by atoms with Crippen LogP contribution in [0.1, 0.15) is 41.5 Å². The molecule has 5 rings (SSSR count). The molecule has 2 aromatic carbocycles. The SMILES string of the molecule is COc1cccc(C(=O)N2CCC3(CC2)CC(c2noc(-c4ccccc4)n2)N(C)C3)c1. The van der Waals surface area contributed by atoms with E-state index in [2.05, 4.69) is 17.1 Å². The van der Waals surface area contributed by atoms with Crippen molar-refractivity contribution in [1.82, 2.24) is 19.9 Å². The Balaban J connectivity index is 1.25. The van der Waals surface area contributed by atoms with Crippen molar-refractivity contribution in [2.45, 2.75) is 25.3 Å². The van der Waals surface area contributed by atoms with Crippen LogP contribution in [-0.2, 0) is 0 Å². The highest BCUT2D eigenvalue weighted by Crippen LogP contribution is 2.48. The van der Waals surface area contributed by atoms with Crippen LogP contribution in [0.2, 0.25) is 0 Å². The Morgan fingerprint density at radius 1 is 1.12 bits per heavy atom. The molecule has 0 N–H and O–H groups in total. The first kappa shape index (κ1) is 20.7. The van der Waals surface area contributed by atoms with Crippen molar-refractivity contribution >= 4 is 5.91 Å². The van der Waals surface area contributed by atoms with Gasteiger partial charge < -0.3 is 14.2 Å². The molecule has 1 amide bonds. The maximum atomic E-state index is 13.0. The minimum absolute atomic E-state index is 0.0762. The summed E-state index contributed by atoms with van der Waals surface area (Å²) in [4.78, 5) is 22.0. The van der Waals surface area contributed by atoms with E-state index in [9.17, 15) is 4.79 Å². The number of ether oxygens (including phenoxy) is 1. The van der Waals surface area contributed by atoms with Gasteiger partial charge >= 0.3 is 0 Å². The Morgan fingerprint density at radius 3 is 2.66 bits per heavy atom. The summed E-state index contributed by atoms with van der Waals surface area (Å²) < 4.78 is 10.8. The first-order chi connectivity index (χ1) is 15.6. The molecule has 2 fully saturated rings. The molecule has 3 aromatic rings. The van der Waals surface area contributed by atoms with Crippen molar-refractivity contribution < 1.29 is 14.1 Å². The zero-order chi connectivity index (χ0) is 22.1. The van der Waals surface area contributed by atoms with Gasteiger partial charge in [0.1, 0.15) is 5.75 Å². The van der Waals surface area contributed by atoms with Gasteiger partial charge in [-0.2, -0.15) is 4.98 Å². The van der Waals surface area contributed by atoms with E-state index < -0.39 is 0 Å². The number of carbonyl (C=O) groups excluding carboxylic acids is 1. The molecule has 1 aromatic heterocycles. The molecule has 0 saturated carbocycles. The quantitative estimate of drug-likeness (QED) is 0.620. The Bertz CT molecular complexity index is 1090. The summed E-state index contributed by atoms with van der Waals surface area (Å²) in [6, 6.07) is 17.4. The Morgan fingerprint density at radius 2 is 1.91 bits per heavy atom. The third-order valence-electron chi connectivity index (χ3n) is 6.93. The fraction of sp³-hybridized carbons (Fsp3) is 0.400. The van der Waals surface area contributed by atoms with Crippen molar-refractivity contribution in [3.63, 3.8) is 0 Å². The second-order valence-corrected chi connectivity index (χ2v) is 8.98. The molecular weight excluding hydrogens is 404 g/mol. The molecule has 7 heteroatoms. The lowest BCUT2D eigenvalue weighted by molar-refractivity contribution is 0.0593. The monoisotopic (exact) mass is 432 g/mol. The number of rotatable bonds is 4. The maximum Gasteiger partial charge on any atom is 0.257 e. The molecule has 166 valence electrons. The molecule has 1 atom stereocenters. The van der Waals surface area contributed by atoms with Crippen LogP contribution in [0.15, 0.2) is 59.1 Å². The summed E-state index contributed by atoms with van der Waals surface area (Å²) in [7, 11) is 3.75. The highest BCUT2D eigenvalue weighted by molar-refractivity contribution is 5.94. The van der Waals surface area contributed by atoms with Crippen molar-refractivity contribution in [2.24, 2.45) is 5.41 Å². The normalized spacial score (nSPS) is 20.6. The van der Waals surface area contributed by atoms with Gasteiger partial charge in [0.15, 0.2) is 5.82 Å². The highest BCUT2D eigenvalue weighted by Gasteiger charge is 2.46. The predicted octanol–water partition coefficient (Wildman–Crippen LogP) is 4.04. The maximum absolute atomic E-state index is 13.0. The van der Waals surface area contributed by atoms with Crippen molar-refractivity contribution in [1.29, 1.82) is 0 Å². The van der Waals surface area contributed by atoms with Crippen LogP contribution in [0.5, 0.6) is 5.75 Å². The van der Waals surface area contributed by atoms with Gasteiger partial charge in [0.2, 0.25) is 0 Å². The average molecular weight is 433 g/mol. The average Bonchev–Trinajstić information content (AvgIpc) is 3.44. The third-order valence-corrected chi connectivity index (χ3v) is 6.93. The molecule has 32 heavy (non-hydrogen) atoms. The number of piperidine rings is 1. The van der Waals surface area contributed by atoms with E-state index >= 15 is 0 Å². The van der Waals surface area contributed by atoms with Crippen LogP contribution >= 0.6 is 0 Å². The van der Waals surface area contributed by atoms with Gasteiger partial charge in [0, 0.05) is 30.8 Å². The third kappa shape index (κ3) is 3.88. The van der Waals surface area contributed by atoms with Gasteiger partial charge in [-0.15, -0.1) is 0 Å². The van der Waals surface area contributed by atoms with Gasteiger partial charge in [-0.3, -0.25) is 9.69 Å². The van der Waals surface area contributed by atoms with E-state index in [1.54, 1.807) is 7.11 Å². The molecule has 2 aliphatic rings. The van der Waals surface area contributed by atoms with Gasteiger partial charge in [-0.05, 0) is 62.1 Å². The molecule has 1 unspecified atom stereocenters. The van der Waals surface area contributed by atoms with E-state index in [-0.39, 0.29) is 17.4 Å². The molecule has 2 aliphatic heterocycles. The molecular formula is C25H28N4O3. The fourth-order valence-corrected chi connectivity index (χ4v) is 5.11. The number of benzene rings is 2. The molecule has 3 heterocycles. The van der Waals surface area contributed by atoms with Crippen LogP contribution in [0.4, 0.5) is 0 Å². The summed E-state index contributed by atoms with van der Waals surface area (Å²) in [6.07, 6.45) is 2.94. The molecule has 7 nitrogen and oxygen atoms in total. The molecule has 2 saturated heterocycles. The number of hydrogen-bond acceptors (Lipinski definition) is 6. The Hall–Kier alpha value is -3.19. The number of amides is 1. The van der Waals surface area contributed by atoms with Crippen LogP contribution in [0.3, 0.4) is 0 Å². The van der Waals surface area contributed by atoms with Crippen LogP contribution < -0.4 is 4.74 Å². The van der Waals surface area contributed by atoms with Crippen LogP contribution in [0, 0.1) is 5.41 Å². The Labute approximate surface area is 188 Å². The van der Waals surface area contributed by atoms with Crippen molar-refractivity contribution in [2.75, 3.05) is 33.8 Å². The van der Waals surface area contributed by atoms with Gasteiger partial charge in [0.05, 0.1) is 13.2 Å². The van der Waals surface area contributed by atoms with Crippen molar-refractivity contribution in [3.05, 3.63) is 66.0 Å². The first-order valence-corrected chi connectivity index (χ1v) is 11.1. The lowest BCUT2D eigenvalue weighted by atomic mass is 9.76. The first-order valence-electron chi connectivity index (χ1n) is 11.1. The number of likely N-dealkylation sites (tertiary alicyclic amines) is 2. The summed E-state index contributed by atoms with van der Waals surface area (Å²) in [5.74, 6) is 2.10. The molecule has 1 spiro atoms. The summed E-state index contributed by atoms with van der Waals surface area (Å²) in [6.45, 7) is 2.50.